The van der Waals surface area contributed by atoms with E-state index in [1.165, 1.54) is 0 Å². The zero-order valence-electron chi connectivity index (χ0n) is 11.7. The molecule has 19 heavy (non-hydrogen) atoms. The average Bonchev–Trinajstić information content (AvgIpc) is 2.32. The minimum Gasteiger partial charge on any atom is -0.484 e. The molecule has 0 unspecified atom stereocenters. The van der Waals surface area contributed by atoms with Crippen LogP contribution in [0, 0.1) is 19.8 Å². The average molecular weight is 264 g/mol. The van der Waals surface area contributed by atoms with Gasteiger partial charge in [0.15, 0.2) is 6.61 Å². The Kier molecular flexibility index (Phi) is 5.36. The highest BCUT2D eigenvalue weighted by Crippen LogP contribution is 2.15. The lowest BCUT2D eigenvalue weighted by molar-refractivity contribution is -0.131. The van der Waals surface area contributed by atoms with Gasteiger partial charge in [0.25, 0.3) is 5.91 Å². The predicted molar refractivity (Wildman–Crippen MR) is 72.5 cm³/mol. The third kappa shape index (κ3) is 5.42. The molecule has 0 aliphatic rings. The second-order valence-electron chi connectivity index (χ2n) is 4.80. The van der Waals surface area contributed by atoms with Gasteiger partial charge in [-0.3, -0.25) is 20.4 Å². The van der Waals surface area contributed by atoms with Gasteiger partial charge in [-0.15, -0.1) is 0 Å². The summed E-state index contributed by atoms with van der Waals surface area (Å²) in [6, 6.07) is 5.73. The highest BCUT2D eigenvalue weighted by molar-refractivity contribution is 5.83. The van der Waals surface area contributed by atoms with Crippen LogP contribution in [0.2, 0.25) is 0 Å². The van der Waals surface area contributed by atoms with E-state index < -0.39 is 5.91 Å². The zero-order valence-corrected chi connectivity index (χ0v) is 11.7. The number of carbonyl (C=O) groups excluding carboxylic acids is 2. The molecule has 104 valence electrons. The maximum Gasteiger partial charge on any atom is 0.276 e. The molecule has 0 saturated heterocycles. The van der Waals surface area contributed by atoms with Crippen LogP contribution >= 0.6 is 0 Å². The van der Waals surface area contributed by atoms with Gasteiger partial charge >= 0.3 is 0 Å². The number of carbonyl (C=O) groups is 2. The van der Waals surface area contributed by atoms with E-state index in [4.69, 9.17) is 4.74 Å². The molecule has 0 aromatic heterocycles. The van der Waals surface area contributed by atoms with Gasteiger partial charge in [-0.25, -0.2) is 0 Å². The first-order valence-electron chi connectivity index (χ1n) is 6.18. The summed E-state index contributed by atoms with van der Waals surface area (Å²) in [5, 5.41) is 0. The first-order chi connectivity index (χ1) is 8.88. The van der Waals surface area contributed by atoms with Gasteiger partial charge in [0.1, 0.15) is 5.75 Å². The first-order valence-corrected chi connectivity index (χ1v) is 6.18. The molecule has 1 rings (SSSR count). The molecule has 1 aromatic carbocycles. The Hall–Kier alpha value is -2.04. The molecule has 5 heteroatoms. The van der Waals surface area contributed by atoms with Crippen LogP contribution in [-0.2, 0) is 9.59 Å². The maximum atomic E-state index is 11.5. The number of amides is 2. The quantitative estimate of drug-likeness (QED) is 0.810. The number of nitrogens with one attached hydrogen (secondary N) is 2. The summed E-state index contributed by atoms with van der Waals surface area (Å²) in [6.07, 6.45) is 0. The van der Waals surface area contributed by atoms with Crippen molar-refractivity contribution in [2.45, 2.75) is 27.7 Å². The maximum absolute atomic E-state index is 11.5. The molecule has 2 amide bonds. The summed E-state index contributed by atoms with van der Waals surface area (Å²) >= 11 is 0. The molecule has 0 bridgehead atoms. The molecule has 2 N–H and O–H groups in total. The van der Waals surface area contributed by atoms with E-state index in [1.807, 2.05) is 32.0 Å². The summed E-state index contributed by atoms with van der Waals surface area (Å²) in [5.74, 6) is -0.170. The van der Waals surface area contributed by atoms with Gasteiger partial charge in [-0.05, 0) is 37.1 Å². The Labute approximate surface area is 113 Å². The number of aryl methyl sites for hydroxylation is 2. The van der Waals surface area contributed by atoms with Crippen molar-refractivity contribution in [1.29, 1.82) is 0 Å². The number of ether oxygens (including phenoxy) is 1. The molecule has 0 aliphatic carbocycles. The van der Waals surface area contributed by atoms with Gasteiger partial charge in [-0.1, -0.05) is 19.9 Å². The van der Waals surface area contributed by atoms with Gasteiger partial charge < -0.3 is 4.74 Å². The van der Waals surface area contributed by atoms with Crippen molar-refractivity contribution in [2.24, 2.45) is 5.92 Å². The lowest BCUT2D eigenvalue weighted by Gasteiger charge is -2.10. The van der Waals surface area contributed by atoms with E-state index in [-0.39, 0.29) is 18.4 Å². The molecule has 0 aliphatic heterocycles. The van der Waals surface area contributed by atoms with Crippen molar-refractivity contribution in [3.05, 3.63) is 29.3 Å². The van der Waals surface area contributed by atoms with E-state index in [0.29, 0.717) is 5.75 Å². The number of hydrazine groups is 1. The monoisotopic (exact) mass is 264 g/mol. The van der Waals surface area contributed by atoms with Crippen molar-refractivity contribution >= 4 is 11.8 Å². The Balaban J connectivity index is 2.40. The van der Waals surface area contributed by atoms with Crippen molar-refractivity contribution in [1.82, 2.24) is 10.9 Å². The van der Waals surface area contributed by atoms with Crippen LogP contribution in [-0.4, -0.2) is 18.4 Å². The Morgan fingerprint density at radius 1 is 1.11 bits per heavy atom. The van der Waals surface area contributed by atoms with Crippen molar-refractivity contribution in [3.8, 4) is 5.75 Å². The summed E-state index contributed by atoms with van der Waals surface area (Å²) in [4.78, 5) is 22.7. The highest BCUT2D eigenvalue weighted by atomic mass is 16.5. The Morgan fingerprint density at radius 2 is 1.68 bits per heavy atom. The molecule has 0 atom stereocenters. The minimum absolute atomic E-state index is 0.138. The summed E-state index contributed by atoms with van der Waals surface area (Å²) in [7, 11) is 0. The fraction of sp³-hybridized carbons (Fsp3) is 0.429. The van der Waals surface area contributed by atoms with E-state index in [0.717, 1.165) is 11.1 Å². The molecule has 5 nitrogen and oxygen atoms in total. The van der Waals surface area contributed by atoms with Crippen molar-refractivity contribution in [2.75, 3.05) is 6.61 Å². The lowest BCUT2D eigenvalue weighted by atomic mass is 10.1. The molecule has 1 aromatic rings. The van der Waals surface area contributed by atoms with Gasteiger partial charge in [0.2, 0.25) is 5.91 Å². The smallest absolute Gasteiger partial charge is 0.276 e. The van der Waals surface area contributed by atoms with E-state index in [2.05, 4.69) is 10.9 Å². The van der Waals surface area contributed by atoms with Crippen LogP contribution < -0.4 is 15.6 Å². The van der Waals surface area contributed by atoms with Crippen LogP contribution in [0.25, 0.3) is 0 Å². The fourth-order valence-electron chi connectivity index (χ4n) is 1.48. The zero-order chi connectivity index (χ0) is 14.4. The molecule has 0 spiro atoms. The molecule has 0 fully saturated rings. The highest BCUT2D eigenvalue weighted by Gasteiger charge is 2.08. The van der Waals surface area contributed by atoms with Crippen LogP contribution in [0.1, 0.15) is 25.0 Å². The van der Waals surface area contributed by atoms with E-state index in [9.17, 15) is 9.59 Å². The van der Waals surface area contributed by atoms with Crippen molar-refractivity contribution < 1.29 is 14.3 Å². The normalized spacial score (nSPS) is 10.2. The largest absolute Gasteiger partial charge is 0.484 e. The first kappa shape index (κ1) is 15.0. The van der Waals surface area contributed by atoms with E-state index in [1.54, 1.807) is 13.8 Å². The summed E-state index contributed by atoms with van der Waals surface area (Å²) < 4.78 is 5.36. The lowest BCUT2D eigenvalue weighted by Crippen LogP contribution is -2.45. The summed E-state index contributed by atoms with van der Waals surface area (Å²) in [6.45, 7) is 7.27. The molecular formula is C14H20N2O3. The Morgan fingerprint density at radius 3 is 2.21 bits per heavy atom. The fourth-order valence-corrected chi connectivity index (χ4v) is 1.48. The second-order valence-corrected chi connectivity index (χ2v) is 4.80. The third-order valence-electron chi connectivity index (χ3n) is 2.41. The predicted octanol–water partition coefficient (Wildman–Crippen LogP) is 1.49. The standard InChI is InChI=1S/C14H20N2O3/c1-9(2)14(18)16-15-13(17)8-19-12-6-10(3)5-11(4)7-12/h5-7,9H,8H2,1-4H3,(H,15,17)(H,16,18). The van der Waals surface area contributed by atoms with Gasteiger partial charge in [-0.2, -0.15) is 0 Å². The number of benzene rings is 1. The summed E-state index contributed by atoms with van der Waals surface area (Å²) in [5.41, 5.74) is 6.77. The van der Waals surface area contributed by atoms with Crippen LogP contribution in [0.15, 0.2) is 18.2 Å². The van der Waals surface area contributed by atoms with Gasteiger partial charge in [0, 0.05) is 5.92 Å². The molecule has 0 heterocycles. The Bertz CT molecular complexity index is 450. The second kappa shape index (κ2) is 6.78. The van der Waals surface area contributed by atoms with E-state index >= 15 is 0 Å². The van der Waals surface area contributed by atoms with Crippen LogP contribution in [0.5, 0.6) is 5.75 Å². The third-order valence-corrected chi connectivity index (χ3v) is 2.41. The van der Waals surface area contributed by atoms with Crippen molar-refractivity contribution in [3.63, 3.8) is 0 Å². The SMILES string of the molecule is Cc1cc(C)cc(OCC(=O)NNC(=O)C(C)C)c1. The molecule has 0 radical (unpaired) electrons. The minimum atomic E-state index is -0.395. The number of hydrogen-bond acceptors (Lipinski definition) is 3. The van der Waals surface area contributed by atoms with Gasteiger partial charge in [0.05, 0.1) is 0 Å². The van der Waals surface area contributed by atoms with Crippen LogP contribution in [0.3, 0.4) is 0 Å². The van der Waals surface area contributed by atoms with Crippen LogP contribution in [0.4, 0.5) is 0 Å². The molecular weight excluding hydrogens is 244 g/mol. The topological polar surface area (TPSA) is 67.4 Å². The number of rotatable bonds is 4. The molecule has 0 saturated carbocycles. The number of hydrogen-bond donors (Lipinski definition) is 2.